The van der Waals surface area contributed by atoms with Crippen LogP contribution >= 0.6 is 0 Å². The maximum Gasteiger partial charge on any atom is 0.410 e. The van der Waals surface area contributed by atoms with Gasteiger partial charge in [0.15, 0.2) is 0 Å². The van der Waals surface area contributed by atoms with Crippen molar-refractivity contribution in [2.75, 3.05) is 13.2 Å². The van der Waals surface area contributed by atoms with Crippen LogP contribution in [0.4, 0.5) is 4.79 Å². The Hall–Kier alpha value is -2.82. The molecule has 0 aromatic heterocycles. The number of amides is 1. The first kappa shape index (κ1) is 15.7. The first-order valence-corrected chi connectivity index (χ1v) is 8.42. The van der Waals surface area contributed by atoms with E-state index in [4.69, 9.17) is 4.74 Å². The molecule has 2 aromatic rings. The van der Waals surface area contributed by atoms with Crippen molar-refractivity contribution < 1.29 is 19.4 Å². The number of carbonyl (C=O) groups is 2. The second-order valence-corrected chi connectivity index (χ2v) is 6.72. The van der Waals surface area contributed by atoms with Crippen molar-refractivity contribution in [1.29, 1.82) is 0 Å². The number of rotatable bonds is 3. The van der Waals surface area contributed by atoms with Gasteiger partial charge in [-0.1, -0.05) is 55.5 Å². The van der Waals surface area contributed by atoms with Gasteiger partial charge in [0.25, 0.3) is 0 Å². The Morgan fingerprint density at radius 3 is 2.16 bits per heavy atom. The third-order valence-electron chi connectivity index (χ3n) is 5.18. The quantitative estimate of drug-likeness (QED) is 0.933. The highest BCUT2D eigenvalue weighted by atomic mass is 16.6. The largest absolute Gasteiger partial charge is 0.480 e. The molecule has 4 rings (SSSR count). The number of aliphatic carboxylic acids is 1. The van der Waals surface area contributed by atoms with Gasteiger partial charge in [0.2, 0.25) is 0 Å². The number of carboxylic acid groups (broad SMARTS) is 1. The number of hydrogen-bond donors (Lipinski definition) is 1. The SMILES string of the molecule is CC1CN(C(=O)OCC2c3ccccc3-c3ccccc32)C1C(=O)O. The van der Waals surface area contributed by atoms with Crippen molar-refractivity contribution >= 4 is 12.1 Å². The fraction of sp³-hybridized carbons (Fsp3) is 0.300. The minimum absolute atomic E-state index is 0.0154. The maximum atomic E-state index is 12.3. The van der Waals surface area contributed by atoms with Crippen LogP contribution in [0, 0.1) is 5.92 Å². The van der Waals surface area contributed by atoms with Gasteiger partial charge in [0.05, 0.1) is 0 Å². The fourth-order valence-electron chi connectivity index (χ4n) is 3.93. The van der Waals surface area contributed by atoms with Crippen molar-refractivity contribution in [2.45, 2.75) is 18.9 Å². The second-order valence-electron chi connectivity index (χ2n) is 6.72. The molecule has 1 aliphatic carbocycles. The molecule has 25 heavy (non-hydrogen) atoms. The molecule has 128 valence electrons. The Morgan fingerprint density at radius 2 is 1.64 bits per heavy atom. The summed E-state index contributed by atoms with van der Waals surface area (Å²) in [6, 6.07) is 15.5. The molecule has 1 N–H and O–H groups in total. The number of carbonyl (C=O) groups excluding carboxylic acids is 1. The second kappa shape index (κ2) is 5.92. The van der Waals surface area contributed by atoms with Gasteiger partial charge in [-0.25, -0.2) is 9.59 Å². The minimum atomic E-state index is -0.979. The van der Waals surface area contributed by atoms with Crippen LogP contribution < -0.4 is 0 Å². The molecule has 0 spiro atoms. The molecule has 2 aliphatic rings. The molecule has 1 fully saturated rings. The van der Waals surface area contributed by atoms with Crippen LogP contribution in [0.1, 0.15) is 24.0 Å². The fourth-order valence-corrected chi connectivity index (χ4v) is 3.93. The smallest absolute Gasteiger partial charge is 0.410 e. The summed E-state index contributed by atoms with van der Waals surface area (Å²) in [5, 5.41) is 9.21. The number of benzene rings is 2. The van der Waals surface area contributed by atoms with E-state index in [1.807, 2.05) is 31.2 Å². The van der Waals surface area contributed by atoms with Crippen LogP contribution in [0.15, 0.2) is 48.5 Å². The monoisotopic (exact) mass is 337 g/mol. The zero-order valence-electron chi connectivity index (χ0n) is 13.9. The summed E-state index contributed by atoms with van der Waals surface area (Å²) in [7, 11) is 0. The zero-order chi connectivity index (χ0) is 17.6. The van der Waals surface area contributed by atoms with Gasteiger partial charge in [0.1, 0.15) is 12.6 Å². The molecule has 0 radical (unpaired) electrons. The zero-order valence-corrected chi connectivity index (χ0v) is 13.9. The van der Waals surface area contributed by atoms with Gasteiger partial charge < -0.3 is 9.84 Å². The van der Waals surface area contributed by atoms with Crippen molar-refractivity contribution in [2.24, 2.45) is 5.92 Å². The van der Waals surface area contributed by atoms with E-state index in [-0.39, 0.29) is 18.4 Å². The summed E-state index contributed by atoms with van der Waals surface area (Å²) >= 11 is 0. The molecule has 0 saturated carbocycles. The first-order valence-electron chi connectivity index (χ1n) is 8.42. The lowest BCUT2D eigenvalue weighted by atomic mass is 9.91. The topological polar surface area (TPSA) is 66.8 Å². The summed E-state index contributed by atoms with van der Waals surface area (Å²) < 4.78 is 5.50. The molecule has 5 heteroatoms. The number of ether oxygens (including phenoxy) is 1. The highest BCUT2D eigenvalue weighted by Gasteiger charge is 2.45. The van der Waals surface area contributed by atoms with Crippen molar-refractivity contribution in [1.82, 2.24) is 4.90 Å². The van der Waals surface area contributed by atoms with Crippen molar-refractivity contribution in [3.8, 4) is 11.1 Å². The maximum absolute atomic E-state index is 12.3. The molecule has 2 atom stereocenters. The van der Waals surface area contributed by atoms with Gasteiger partial charge in [-0.3, -0.25) is 4.90 Å². The van der Waals surface area contributed by atoms with Crippen LogP contribution in [0.5, 0.6) is 0 Å². The van der Waals surface area contributed by atoms with Crippen LogP contribution in [-0.4, -0.2) is 41.3 Å². The van der Waals surface area contributed by atoms with E-state index in [0.29, 0.717) is 6.54 Å². The standard InChI is InChI=1S/C20H19NO4/c1-12-10-21(18(12)19(22)23)20(24)25-11-17-15-8-4-2-6-13(15)14-7-3-5-9-16(14)17/h2-9,12,17-18H,10-11H2,1H3,(H,22,23). The van der Waals surface area contributed by atoms with Gasteiger partial charge in [-0.15, -0.1) is 0 Å². The third kappa shape index (κ3) is 2.47. The highest BCUT2D eigenvalue weighted by molar-refractivity contribution is 5.83. The van der Waals surface area contributed by atoms with Crippen molar-refractivity contribution in [3.63, 3.8) is 0 Å². The summed E-state index contributed by atoms with van der Waals surface area (Å²) in [5.74, 6) is -1.04. The van der Waals surface area contributed by atoms with Gasteiger partial charge >= 0.3 is 12.1 Å². The van der Waals surface area contributed by atoms with Crippen LogP contribution in [0.3, 0.4) is 0 Å². The average molecular weight is 337 g/mol. The predicted octanol–water partition coefficient (Wildman–Crippen LogP) is 3.34. The van der Waals surface area contributed by atoms with E-state index >= 15 is 0 Å². The lowest BCUT2D eigenvalue weighted by Crippen LogP contribution is -2.61. The van der Waals surface area contributed by atoms with Crippen molar-refractivity contribution in [3.05, 3.63) is 59.7 Å². The highest BCUT2D eigenvalue weighted by Crippen LogP contribution is 2.44. The van der Waals surface area contributed by atoms with E-state index in [2.05, 4.69) is 24.3 Å². The van der Waals surface area contributed by atoms with Crippen LogP contribution in [0.2, 0.25) is 0 Å². The van der Waals surface area contributed by atoms with E-state index in [9.17, 15) is 14.7 Å². The molecule has 1 aliphatic heterocycles. The van der Waals surface area contributed by atoms with Gasteiger partial charge in [0, 0.05) is 18.4 Å². The number of hydrogen-bond acceptors (Lipinski definition) is 3. The molecule has 1 saturated heterocycles. The molecule has 1 heterocycles. The molecule has 5 nitrogen and oxygen atoms in total. The summed E-state index contributed by atoms with van der Waals surface area (Å²) in [5.41, 5.74) is 4.62. The molecule has 1 amide bonds. The Balaban J connectivity index is 1.52. The summed E-state index contributed by atoms with van der Waals surface area (Å²) in [6.07, 6.45) is -0.549. The lowest BCUT2D eigenvalue weighted by molar-refractivity contribution is -0.150. The average Bonchev–Trinajstić information content (AvgIpc) is 2.91. The lowest BCUT2D eigenvalue weighted by Gasteiger charge is -2.42. The van der Waals surface area contributed by atoms with E-state index < -0.39 is 18.1 Å². The van der Waals surface area contributed by atoms with E-state index in [1.165, 1.54) is 16.0 Å². The van der Waals surface area contributed by atoms with Gasteiger partial charge in [-0.05, 0) is 22.3 Å². The van der Waals surface area contributed by atoms with E-state index in [1.54, 1.807) is 0 Å². The minimum Gasteiger partial charge on any atom is -0.480 e. The Bertz CT molecular complexity index is 802. The Labute approximate surface area is 145 Å². The normalized spacial score (nSPS) is 21.2. The molecule has 2 aromatic carbocycles. The number of likely N-dealkylation sites (tertiary alicyclic amines) is 1. The summed E-state index contributed by atoms with van der Waals surface area (Å²) in [4.78, 5) is 24.8. The third-order valence-corrected chi connectivity index (χ3v) is 5.18. The van der Waals surface area contributed by atoms with E-state index in [0.717, 1.165) is 11.1 Å². The first-order chi connectivity index (χ1) is 12.1. The Kier molecular flexibility index (Phi) is 3.71. The molecule has 2 unspecified atom stereocenters. The van der Waals surface area contributed by atoms with Crippen LogP contribution in [-0.2, 0) is 9.53 Å². The number of carboxylic acids is 1. The molecule has 0 bridgehead atoms. The molecular formula is C20H19NO4. The predicted molar refractivity (Wildman–Crippen MR) is 92.4 cm³/mol. The molecular weight excluding hydrogens is 318 g/mol. The number of fused-ring (bicyclic) bond motifs is 3. The summed E-state index contributed by atoms with van der Waals surface area (Å²) in [6.45, 7) is 2.46. The Morgan fingerprint density at radius 1 is 1.08 bits per heavy atom. The van der Waals surface area contributed by atoms with Gasteiger partial charge in [-0.2, -0.15) is 0 Å². The number of nitrogens with zero attached hydrogens (tertiary/aromatic N) is 1. The van der Waals surface area contributed by atoms with Crippen LogP contribution in [0.25, 0.3) is 11.1 Å².